The second-order valence-electron chi connectivity index (χ2n) is 15.5. The van der Waals surface area contributed by atoms with Crippen molar-refractivity contribution in [1.82, 2.24) is 52.8 Å². The number of aromatic amines is 1. The van der Waals surface area contributed by atoms with Gasteiger partial charge in [-0.1, -0.05) is 21.1 Å². The normalized spacial score (nSPS) is 19.2. The molecule has 0 aromatic carbocycles. The molecule has 5 aliphatic rings. The van der Waals surface area contributed by atoms with Crippen molar-refractivity contribution in [2.75, 3.05) is 11.9 Å². The van der Waals surface area contributed by atoms with Crippen molar-refractivity contribution in [3.63, 3.8) is 0 Å². The first-order valence-corrected chi connectivity index (χ1v) is 21.8. The first kappa shape index (κ1) is 45.9. The molecule has 2 unspecified atom stereocenters. The minimum absolute atomic E-state index is 0.194. The molecule has 0 aliphatic carbocycles. The smallest absolute Gasteiger partial charge is 0.414 e. The van der Waals surface area contributed by atoms with Crippen LogP contribution in [0.3, 0.4) is 0 Å². The van der Waals surface area contributed by atoms with E-state index in [1.807, 2.05) is 13.0 Å². The molecule has 62 heavy (non-hydrogen) atoms. The molecule has 2 atom stereocenters. The average molecular weight is 933 g/mol. The van der Waals surface area contributed by atoms with Crippen LogP contribution in [-0.4, -0.2) is 105 Å². The number of halogens is 1. The molecule has 0 saturated carbocycles. The van der Waals surface area contributed by atoms with Crippen LogP contribution in [0, 0.1) is 6.92 Å². The van der Waals surface area contributed by atoms with Gasteiger partial charge in [0.25, 0.3) is 0 Å². The number of nitrogens with zero attached hydrogens (tertiary/aromatic N) is 10. The van der Waals surface area contributed by atoms with Crippen LogP contribution in [-0.2, 0) is 72.9 Å². The van der Waals surface area contributed by atoms with E-state index in [4.69, 9.17) is 29.1 Å². The number of nitrogens with one attached hydrogen (secondary N) is 1. The lowest BCUT2D eigenvalue weighted by atomic mass is 9.99. The number of carbonyl (C=O) groups is 2. The van der Waals surface area contributed by atoms with Crippen molar-refractivity contribution in [3.8, 4) is 0 Å². The van der Waals surface area contributed by atoms with E-state index in [9.17, 15) is 28.8 Å². The van der Waals surface area contributed by atoms with Crippen LogP contribution in [0.4, 0.5) is 0 Å². The van der Waals surface area contributed by atoms with Gasteiger partial charge in [0.2, 0.25) is 0 Å². The van der Waals surface area contributed by atoms with Gasteiger partial charge in [0, 0.05) is 82.0 Å². The van der Waals surface area contributed by atoms with Gasteiger partial charge in [-0.2, -0.15) is 15.0 Å². The highest BCUT2D eigenvalue weighted by molar-refractivity contribution is 9.09. The Kier molecular flexibility index (Phi) is 15.5. The third-order valence-corrected chi connectivity index (χ3v) is 11.8. The van der Waals surface area contributed by atoms with E-state index in [0.717, 1.165) is 87.5 Å². The van der Waals surface area contributed by atoms with E-state index >= 15 is 0 Å². The van der Waals surface area contributed by atoms with Crippen LogP contribution >= 0.6 is 15.9 Å². The highest BCUT2D eigenvalue weighted by Crippen LogP contribution is 2.37. The quantitative estimate of drug-likeness (QED) is 0.132. The number of carboxylic acids is 2. The predicted octanol–water partition coefficient (Wildman–Crippen LogP) is -0.580. The van der Waals surface area contributed by atoms with Crippen LogP contribution in [0.5, 0.6) is 0 Å². The minimum atomic E-state index is -1.82. The Balaban J connectivity index is 0.000000165. The number of alkyl halides is 1. The van der Waals surface area contributed by atoms with Gasteiger partial charge >= 0.3 is 46.1 Å². The largest absolute Gasteiger partial charge is 0.473 e. The predicted molar refractivity (Wildman–Crippen MR) is 220 cm³/mol. The Morgan fingerprint density at radius 2 is 1.29 bits per heavy atom. The average Bonchev–Trinajstić information content (AvgIpc) is 4.09. The van der Waals surface area contributed by atoms with E-state index in [-0.39, 0.29) is 23.2 Å². The van der Waals surface area contributed by atoms with E-state index in [0.29, 0.717) is 68.9 Å². The Bertz CT molecular complexity index is 2580. The topological polar surface area (TPSA) is 295 Å². The van der Waals surface area contributed by atoms with E-state index < -0.39 is 29.0 Å². The van der Waals surface area contributed by atoms with Crippen LogP contribution in [0.15, 0.2) is 39.4 Å². The van der Waals surface area contributed by atoms with Gasteiger partial charge in [-0.3, -0.25) is 23.6 Å². The number of piperidine rings is 1. The maximum Gasteiger partial charge on any atom is 0.414 e. The number of hydrogen-bond acceptors (Lipinski definition) is 15. The SMILES string of the molecule is Cc1cc(COC2CC3CCC(C2)N3CCCn2c(=O)nc3n(c2=O)CCC3)no1.O=C(O)C(=O)O.O=c1nc2n(c(=O)[nH]1)CCC2.O=c1nc2n(c(=O)n1CCCBr)CCC2. The van der Waals surface area contributed by atoms with Gasteiger partial charge in [-0.25, -0.2) is 47.5 Å². The summed E-state index contributed by atoms with van der Waals surface area (Å²) in [5.41, 5.74) is -1.23. The molecule has 0 spiro atoms. The van der Waals surface area contributed by atoms with Crippen molar-refractivity contribution in [2.24, 2.45) is 0 Å². The van der Waals surface area contributed by atoms with Crippen molar-refractivity contribution in [1.29, 1.82) is 0 Å². The summed E-state index contributed by atoms with van der Waals surface area (Å²) >= 11 is 3.27. The second-order valence-corrected chi connectivity index (χ2v) is 16.3. The number of aryl methyl sites for hydroxylation is 4. The molecule has 3 N–H and O–H groups in total. The molecule has 9 rings (SSSR count). The summed E-state index contributed by atoms with van der Waals surface area (Å²) in [6.45, 7) is 6.21. The lowest BCUT2D eigenvalue weighted by molar-refractivity contribution is -0.159. The zero-order valence-corrected chi connectivity index (χ0v) is 35.9. The fourth-order valence-electron chi connectivity index (χ4n) is 8.48. The lowest BCUT2D eigenvalue weighted by Crippen LogP contribution is -2.46. The molecule has 0 amide bonds. The van der Waals surface area contributed by atoms with E-state index in [1.165, 1.54) is 26.5 Å². The molecule has 9 heterocycles. The maximum atomic E-state index is 12.6. The molecule has 2 fully saturated rings. The summed E-state index contributed by atoms with van der Waals surface area (Å²) in [4.78, 5) is 104. The molecular weight excluding hydrogens is 882 g/mol. The van der Waals surface area contributed by atoms with Crippen molar-refractivity contribution in [2.45, 2.75) is 141 Å². The number of aromatic nitrogens is 10. The molecule has 2 saturated heterocycles. The molecule has 5 aliphatic heterocycles. The molecular formula is C38H50BrN11O12. The van der Waals surface area contributed by atoms with Crippen molar-refractivity contribution in [3.05, 3.63) is 97.9 Å². The minimum Gasteiger partial charge on any atom is -0.473 e. The summed E-state index contributed by atoms with van der Waals surface area (Å²) in [5.74, 6) is -0.952. The second kappa shape index (κ2) is 21.0. The molecule has 336 valence electrons. The molecule has 24 heteroatoms. The third kappa shape index (κ3) is 11.2. The van der Waals surface area contributed by atoms with Gasteiger partial charge < -0.3 is 19.5 Å². The fraction of sp³-hybridized carbons (Fsp3) is 0.632. The lowest BCUT2D eigenvalue weighted by Gasteiger charge is -2.38. The third-order valence-electron chi connectivity index (χ3n) is 11.3. The molecule has 0 radical (unpaired) electrons. The summed E-state index contributed by atoms with van der Waals surface area (Å²) in [7, 11) is 0. The zero-order chi connectivity index (χ0) is 44.5. The standard InChI is InChI=1S/C21H29N5O4.C9H12BrN3O2.C6H7N3O2.C2H2O4/c1-14-10-15(23-30-14)13-29-18-11-16-5-6-17(12-18)24(16)8-3-9-26-20(27)22-19-4-2-7-25(19)21(26)28;10-4-2-6-13-8(14)11-7-3-1-5-12(7)9(13)15;10-5-7-4-2-1-3-9(4)6(11)8-5;3-1(4)2(5)6/h10,16-18H,2-9,11-13H2,1H3;1-6H2;1-3H2,(H,8,10,11);(H,3,4)(H,5,6). The highest BCUT2D eigenvalue weighted by atomic mass is 79.9. The number of H-pyrrole nitrogens is 1. The number of rotatable bonds is 10. The van der Waals surface area contributed by atoms with E-state index in [2.05, 4.69) is 45.9 Å². The van der Waals surface area contributed by atoms with Crippen LogP contribution < -0.4 is 34.1 Å². The number of carboxylic acid groups (broad SMARTS) is 2. The van der Waals surface area contributed by atoms with Gasteiger partial charge in [-0.15, -0.1) is 0 Å². The van der Waals surface area contributed by atoms with Gasteiger partial charge in [0.15, 0.2) is 0 Å². The monoisotopic (exact) mass is 931 g/mol. The molecule has 4 aromatic heterocycles. The van der Waals surface area contributed by atoms with Gasteiger partial charge in [0.05, 0.1) is 12.7 Å². The van der Waals surface area contributed by atoms with Gasteiger partial charge in [-0.05, 0) is 64.7 Å². The maximum absolute atomic E-state index is 12.6. The number of fused-ring (bicyclic) bond motifs is 5. The Hall–Kier alpha value is -5.62. The Morgan fingerprint density at radius 3 is 1.79 bits per heavy atom. The van der Waals surface area contributed by atoms with Crippen LogP contribution in [0.1, 0.15) is 86.7 Å². The summed E-state index contributed by atoms with van der Waals surface area (Å²) in [6.07, 6.45) is 11.1. The van der Waals surface area contributed by atoms with Crippen LogP contribution in [0.2, 0.25) is 0 Å². The van der Waals surface area contributed by atoms with Crippen LogP contribution in [0.25, 0.3) is 0 Å². The highest BCUT2D eigenvalue weighted by Gasteiger charge is 2.40. The Morgan fingerprint density at radius 1 is 0.774 bits per heavy atom. The number of ether oxygens (including phenoxy) is 1. The summed E-state index contributed by atoms with van der Waals surface area (Å²) < 4.78 is 18.5. The first-order chi connectivity index (χ1) is 29.7. The molecule has 2 bridgehead atoms. The fourth-order valence-corrected chi connectivity index (χ4v) is 8.74. The molecule has 23 nitrogen and oxygen atoms in total. The Labute approximate surface area is 360 Å². The molecule has 4 aromatic rings. The first-order valence-electron chi connectivity index (χ1n) is 20.7. The van der Waals surface area contributed by atoms with E-state index in [1.54, 1.807) is 9.13 Å². The summed E-state index contributed by atoms with van der Waals surface area (Å²) in [6, 6.07) is 2.95. The summed E-state index contributed by atoms with van der Waals surface area (Å²) in [5, 5.41) is 19.6. The van der Waals surface area contributed by atoms with Crippen molar-refractivity contribution >= 4 is 27.9 Å². The van der Waals surface area contributed by atoms with Crippen molar-refractivity contribution < 1.29 is 29.1 Å². The number of hydrogen-bond donors (Lipinski definition) is 3. The number of aliphatic carboxylic acids is 2. The zero-order valence-electron chi connectivity index (χ0n) is 34.3. The van der Waals surface area contributed by atoms with Gasteiger partial charge in [0.1, 0.15) is 28.9 Å².